The Kier molecular flexibility index (Phi) is 8.91. The van der Waals surface area contributed by atoms with E-state index in [1.54, 1.807) is 42.5 Å². The third kappa shape index (κ3) is 7.24. The predicted octanol–water partition coefficient (Wildman–Crippen LogP) is 2.01. The van der Waals surface area contributed by atoms with Crippen molar-refractivity contribution in [2.75, 3.05) is 5.32 Å². The number of amides is 2. The Bertz CT molecular complexity index is 1400. The zero-order chi connectivity index (χ0) is 27.8. The number of hydrogen-bond acceptors (Lipinski definition) is 6. The first-order valence-corrected chi connectivity index (χ1v) is 11.5. The number of carbonyl (C=O) groups is 4. The van der Waals surface area contributed by atoms with Gasteiger partial charge in [-0.2, -0.15) is 0 Å². The van der Waals surface area contributed by atoms with E-state index in [2.05, 4.69) is 5.32 Å². The van der Waals surface area contributed by atoms with Crippen LogP contribution >= 0.6 is 0 Å². The van der Waals surface area contributed by atoms with Crippen LogP contribution in [0.4, 0.5) is 5.69 Å². The molecule has 0 saturated heterocycles. The summed E-state index contributed by atoms with van der Waals surface area (Å²) in [5.41, 5.74) is 12.7. The molecule has 3 aromatic carbocycles. The van der Waals surface area contributed by atoms with E-state index in [1.807, 2.05) is 24.3 Å². The van der Waals surface area contributed by atoms with Gasteiger partial charge in [-0.3, -0.25) is 24.7 Å². The summed E-state index contributed by atoms with van der Waals surface area (Å²) in [5.74, 6) is -5.14. The number of benzene rings is 3. The summed E-state index contributed by atoms with van der Waals surface area (Å²) < 4.78 is 0. The number of fused-ring (bicyclic) bond motifs is 1. The van der Waals surface area contributed by atoms with Crippen LogP contribution in [0.3, 0.4) is 0 Å². The molecule has 0 aliphatic rings. The van der Waals surface area contributed by atoms with Crippen molar-refractivity contribution in [1.29, 1.82) is 5.41 Å². The van der Waals surface area contributed by atoms with E-state index in [0.29, 0.717) is 21.7 Å². The molecule has 0 aliphatic heterocycles. The van der Waals surface area contributed by atoms with Crippen molar-refractivity contribution in [1.82, 2.24) is 4.90 Å². The van der Waals surface area contributed by atoms with E-state index in [-0.39, 0.29) is 12.4 Å². The van der Waals surface area contributed by atoms with Crippen molar-refractivity contribution < 1.29 is 29.4 Å². The molecule has 0 aromatic heterocycles. The SMILES string of the molecule is N=C(N)Nc1ccc(C=CC(=O)N(C(=O)[C@@H](N)CC(=O)O)[C@@H](Cc2ccc3ccccc3c2)C(=O)O)cc1. The molecule has 2 amide bonds. The number of nitrogens with two attached hydrogens (primary N) is 2. The fourth-order valence-corrected chi connectivity index (χ4v) is 3.83. The van der Waals surface area contributed by atoms with Gasteiger partial charge < -0.3 is 27.0 Å². The molecule has 0 saturated carbocycles. The highest BCUT2D eigenvalue weighted by Gasteiger charge is 2.37. The third-order valence-electron chi connectivity index (χ3n) is 5.63. The van der Waals surface area contributed by atoms with Crippen LogP contribution in [-0.2, 0) is 25.6 Å². The summed E-state index contributed by atoms with van der Waals surface area (Å²) in [6.07, 6.45) is 1.41. The van der Waals surface area contributed by atoms with Gasteiger partial charge in [-0.25, -0.2) is 4.79 Å². The number of aliphatic carboxylic acids is 2. The molecule has 3 aromatic rings. The van der Waals surface area contributed by atoms with Crippen molar-refractivity contribution in [2.24, 2.45) is 11.5 Å². The molecule has 0 radical (unpaired) electrons. The van der Waals surface area contributed by atoms with Gasteiger partial charge in [0.2, 0.25) is 5.91 Å². The molecule has 0 heterocycles. The van der Waals surface area contributed by atoms with Crippen LogP contribution in [0, 0.1) is 5.41 Å². The van der Waals surface area contributed by atoms with Crippen LogP contribution in [0.1, 0.15) is 17.5 Å². The zero-order valence-electron chi connectivity index (χ0n) is 20.2. The Morgan fingerprint density at radius 3 is 2.24 bits per heavy atom. The average molecular weight is 518 g/mol. The number of carboxylic acid groups (broad SMARTS) is 2. The molecule has 0 spiro atoms. The van der Waals surface area contributed by atoms with Crippen LogP contribution in [0.5, 0.6) is 0 Å². The molecule has 0 bridgehead atoms. The second-order valence-corrected chi connectivity index (χ2v) is 8.48. The van der Waals surface area contributed by atoms with E-state index < -0.39 is 42.3 Å². The van der Waals surface area contributed by atoms with E-state index in [1.165, 1.54) is 6.08 Å². The van der Waals surface area contributed by atoms with E-state index >= 15 is 0 Å². The van der Waals surface area contributed by atoms with Gasteiger partial charge in [0.25, 0.3) is 5.91 Å². The van der Waals surface area contributed by atoms with Crippen LogP contribution < -0.4 is 16.8 Å². The summed E-state index contributed by atoms with van der Waals surface area (Å²) in [4.78, 5) is 50.3. The molecule has 3 rings (SSSR count). The average Bonchev–Trinajstić information content (AvgIpc) is 2.86. The number of rotatable bonds is 10. The number of carbonyl (C=O) groups excluding carboxylic acids is 2. The number of carboxylic acids is 2. The number of imide groups is 1. The highest BCUT2D eigenvalue weighted by molar-refractivity contribution is 6.07. The largest absolute Gasteiger partial charge is 0.481 e. The van der Waals surface area contributed by atoms with Gasteiger partial charge in [0, 0.05) is 18.2 Å². The van der Waals surface area contributed by atoms with Crippen molar-refractivity contribution in [3.8, 4) is 0 Å². The Balaban J connectivity index is 1.92. The minimum atomic E-state index is -1.64. The third-order valence-corrected chi connectivity index (χ3v) is 5.63. The molecular weight excluding hydrogens is 490 g/mol. The fraction of sp³-hybridized carbons (Fsp3) is 0.148. The molecule has 0 aliphatic carbocycles. The quantitative estimate of drug-likeness (QED) is 0.132. The smallest absolute Gasteiger partial charge is 0.327 e. The number of nitrogens with zero attached hydrogens (tertiary/aromatic N) is 1. The van der Waals surface area contributed by atoms with Crippen LogP contribution in [0.15, 0.2) is 72.8 Å². The second kappa shape index (κ2) is 12.3. The first-order valence-electron chi connectivity index (χ1n) is 11.5. The van der Waals surface area contributed by atoms with E-state index in [0.717, 1.165) is 16.8 Å². The summed E-state index contributed by atoms with van der Waals surface area (Å²) in [7, 11) is 0. The van der Waals surface area contributed by atoms with E-state index in [4.69, 9.17) is 22.0 Å². The maximum atomic E-state index is 13.2. The first kappa shape index (κ1) is 27.6. The number of hydrogen-bond donors (Lipinski definition) is 6. The van der Waals surface area contributed by atoms with Gasteiger partial charge in [-0.05, 0) is 40.1 Å². The van der Waals surface area contributed by atoms with Crippen molar-refractivity contribution in [3.05, 3.63) is 83.9 Å². The van der Waals surface area contributed by atoms with Gasteiger partial charge in [0.05, 0.1) is 12.5 Å². The lowest BCUT2D eigenvalue weighted by Gasteiger charge is -2.28. The molecule has 38 heavy (non-hydrogen) atoms. The Morgan fingerprint density at radius 2 is 1.63 bits per heavy atom. The van der Waals surface area contributed by atoms with Gasteiger partial charge in [0.1, 0.15) is 6.04 Å². The molecule has 8 N–H and O–H groups in total. The fourth-order valence-electron chi connectivity index (χ4n) is 3.83. The van der Waals surface area contributed by atoms with Gasteiger partial charge in [-0.15, -0.1) is 0 Å². The maximum Gasteiger partial charge on any atom is 0.327 e. The molecule has 0 unspecified atom stereocenters. The molecular formula is C27H27N5O6. The lowest BCUT2D eigenvalue weighted by atomic mass is 9.99. The highest BCUT2D eigenvalue weighted by atomic mass is 16.4. The molecule has 0 fully saturated rings. The maximum absolute atomic E-state index is 13.2. The molecule has 11 heteroatoms. The monoisotopic (exact) mass is 517 g/mol. The van der Waals surface area contributed by atoms with Gasteiger partial charge in [-0.1, -0.05) is 54.6 Å². The van der Waals surface area contributed by atoms with Crippen LogP contribution in [0.2, 0.25) is 0 Å². The number of guanidine groups is 1. The summed E-state index contributed by atoms with van der Waals surface area (Å²) in [5, 5.41) is 30.7. The molecule has 11 nitrogen and oxygen atoms in total. The van der Waals surface area contributed by atoms with Crippen molar-refractivity contribution >= 4 is 52.2 Å². The second-order valence-electron chi connectivity index (χ2n) is 8.48. The Hall–Kier alpha value is -5.03. The summed E-state index contributed by atoms with van der Waals surface area (Å²) in [6, 6.07) is 15.9. The van der Waals surface area contributed by atoms with Crippen LogP contribution in [0.25, 0.3) is 16.8 Å². The van der Waals surface area contributed by atoms with Crippen LogP contribution in [-0.4, -0.2) is 56.9 Å². The Morgan fingerprint density at radius 1 is 0.974 bits per heavy atom. The zero-order valence-corrected chi connectivity index (χ0v) is 20.2. The standard InChI is InChI=1S/C27H27N5O6/c28-21(15-24(34)35)25(36)32(23(33)12-8-16-6-10-20(11-7-16)31-27(29)30)22(26(37)38)14-17-5-9-18-3-1-2-4-19(18)13-17/h1-13,21-22H,14-15,28H2,(H,34,35)(H,37,38)(H4,29,30,31)/t21-,22-/m0/s1. The molecule has 196 valence electrons. The van der Waals surface area contributed by atoms with E-state index in [9.17, 15) is 24.3 Å². The highest BCUT2D eigenvalue weighted by Crippen LogP contribution is 2.20. The Labute approximate surface area is 217 Å². The molecule has 2 atom stereocenters. The number of nitrogens with one attached hydrogen (secondary N) is 2. The normalized spacial score (nSPS) is 12.6. The topological polar surface area (TPSA) is 200 Å². The number of anilines is 1. The minimum Gasteiger partial charge on any atom is -0.481 e. The minimum absolute atomic E-state index is 0.212. The summed E-state index contributed by atoms with van der Waals surface area (Å²) >= 11 is 0. The lowest BCUT2D eigenvalue weighted by molar-refractivity contribution is -0.157. The van der Waals surface area contributed by atoms with Gasteiger partial charge in [0.15, 0.2) is 5.96 Å². The lowest BCUT2D eigenvalue weighted by Crippen LogP contribution is -2.55. The predicted molar refractivity (Wildman–Crippen MR) is 142 cm³/mol. The summed E-state index contributed by atoms with van der Waals surface area (Å²) in [6.45, 7) is 0. The van der Waals surface area contributed by atoms with Crippen molar-refractivity contribution in [2.45, 2.75) is 24.9 Å². The first-order chi connectivity index (χ1) is 18.0. The van der Waals surface area contributed by atoms with Crippen molar-refractivity contribution in [3.63, 3.8) is 0 Å². The van der Waals surface area contributed by atoms with Gasteiger partial charge >= 0.3 is 11.9 Å².